The van der Waals surface area contributed by atoms with Gasteiger partial charge < -0.3 is 10.5 Å². The Morgan fingerprint density at radius 1 is 1.11 bits per heavy atom. The third-order valence-corrected chi connectivity index (χ3v) is 3.43. The van der Waals surface area contributed by atoms with E-state index in [2.05, 4.69) is 0 Å². The zero-order valence-electron chi connectivity index (χ0n) is 11.2. The Balaban J connectivity index is 1.84. The van der Waals surface area contributed by atoms with Crippen molar-refractivity contribution in [2.45, 2.75) is 44.6 Å². The number of carbonyl (C=O) groups is 1. The van der Waals surface area contributed by atoms with Gasteiger partial charge in [-0.2, -0.15) is 0 Å². The second kappa shape index (κ2) is 6.98. The number of nitrogens with two attached hydrogens (primary N) is 1. The van der Waals surface area contributed by atoms with Crippen molar-refractivity contribution in [1.82, 2.24) is 0 Å². The SMILES string of the molecule is Nc1ccc(/C=C/C(=O)OC2CCCCCC2)cc1. The summed E-state index contributed by atoms with van der Waals surface area (Å²) in [5, 5.41) is 0. The number of anilines is 1. The second-order valence-electron chi connectivity index (χ2n) is 5.05. The number of rotatable bonds is 3. The largest absolute Gasteiger partial charge is 0.459 e. The summed E-state index contributed by atoms with van der Waals surface area (Å²) in [7, 11) is 0. The average Bonchev–Trinajstić information content (AvgIpc) is 2.67. The van der Waals surface area contributed by atoms with E-state index in [4.69, 9.17) is 10.5 Å². The predicted octanol–water partition coefficient (Wildman–Crippen LogP) is 3.55. The maximum Gasteiger partial charge on any atom is 0.331 e. The van der Waals surface area contributed by atoms with Crippen LogP contribution >= 0.6 is 0 Å². The molecule has 1 aliphatic rings. The molecule has 1 aromatic rings. The summed E-state index contributed by atoms with van der Waals surface area (Å²) >= 11 is 0. The van der Waals surface area contributed by atoms with Gasteiger partial charge >= 0.3 is 5.97 Å². The molecule has 0 bridgehead atoms. The molecular formula is C16H21NO2. The van der Waals surface area contributed by atoms with Gasteiger partial charge in [-0.05, 0) is 49.5 Å². The van der Waals surface area contributed by atoms with Crippen LogP contribution in [0.4, 0.5) is 5.69 Å². The van der Waals surface area contributed by atoms with Crippen molar-refractivity contribution in [2.75, 3.05) is 5.73 Å². The van der Waals surface area contributed by atoms with Crippen LogP contribution in [0.3, 0.4) is 0 Å². The molecule has 0 atom stereocenters. The summed E-state index contributed by atoms with van der Waals surface area (Å²) in [5.74, 6) is -0.247. The van der Waals surface area contributed by atoms with Gasteiger partial charge in [0.15, 0.2) is 0 Å². The fourth-order valence-electron chi connectivity index (χ4n) is 2.33. The normalized spacial score (nSPS) is 17.3. The first-order valence-electron chi connectivity index (χ1n) is 6.98. The molecule has 1 aliphatic carbocycles. The third-order valence-electron chi connectivity index (χ3n) is 3.43. The van der Waals surface area contributed by atoms with E-state index in [9.17, 15) is 4.79 Å². The lowest BCUT2D eigenvalue weighted by molar-refractivity contribution is -0.143. The molecule has 0 spiro atoms. The quantitative estimate of drug-likeness (QED) is 0.391. The van der Waals surface area contributed by atoms with Crippen LogP contribution in [0, 0.1) is 0 Å². The highest BCUT2D eigenvalue weighted by Crippen LogP contribution is 2.20. The van der Waals surface area contributed by atoms with E-state index in [-0.39, 0.29) is 12.1 Å². The molecule has 0 aliphatic heterocycles. The van der Waals surface area contributed by atoms with Gasteiger partial charge in [0, 0.05) is 11.8 Å². The molecule has 19 heavy (non-hydrogen) atoms. The van der Waals surface area contributed by atoms with Crippen LogP contribution in [0.15, 0.2) is 30.3 Å². The van der Waals surface area contributed by atoms with Gasteiger partial charge in [0.05, 0.1) is 0 Å². The Morgan fingerprint density at radius 3 is 2.37 bits per heavy atom. The Labute approximate surface area is 114 Å². The number of hydrogen-bond donors (Lipinski definition) is 1. The second-order valence-corrected chi connectivity index (χ2v) is 5.05. The van der Waals surface area contributed by atoms with Crippen LogP contribution in [-0.4, -0.2) is 12.1 Å². The molecule has 102 valence electrons. The van der Waals surface area contributed by atoms with E-state index in [1.54, 1.807) is 6.08 Å². The van der Waals surface area contributed by atoms with Crippen molar-refractivity contribution in [3.63, 3.8) is 0 Å². The molecule has 1 fully saturated rings. The van der Waals surface area contributed by atoms with E-state index in [0.717, 1.165) is 24.1 Å². The van der Waals surface area contributed by atoms with Crippen molar-refractivity contribution in [2.24, 2.45) is 0 Å². The van der Waals surface area contributed by atoms with Crippen molar-refractivity contribution < 1.29 is 9.53 Å². The zero-order valence-corrected chi connectivity index (χ0v) is 11.2. The lowest BCUT2D eigenvalue weighted by Crippen LogP contribution is -2.15. The van der Waals surface area contributed by atoms with Crippen LogP contribution in [-0.2, 0) is 9.53 Å². The standard InChI is InChI=1S/C16H21NO2/c17-14-10-7-13(8-11-14)9-12-16(18)19-15-5-3-1-2-4-6-15/h7-12,15H,1-6,17H2/b12-9+. The Kier molecular flexibility index (Phi) is 5.01. The Bertz CT molecular complexity index is 429. The highest BCUT2D eigenvalue weighted by Gasteiger charge is 2.14. The summed E-state index contributed by atoms with van der Waals surface area (Å²) in [6.45, 7) is 0. The first kappa shape index (κ1) is 13.7. The average molecular weight is 259 g/mol. The van der Waals surface area contributed by atoms with Gasteiger partial charge in [0.25, 0.3) is 0 Å². The topological polar surface area (TPSA) is 52.3 Å². The fourth-order valence-corrected chi connectivity index (χ4v) is 2.33. The minimum atomic E-state index is -0.247. The molecule has 3 heteroatoms. The highest BCUT2D eigenvalue weighted by atomic mass is 16.5. The summed E-state index contributed by atoms with van der Waals surface area (Å²) in [6, 6.07) is 7.39. The molecule has 0 radical (unpaired) electrons. The molecule has 1 aromatic carbocycles. The van der Waals surface area contributed by atoms with E-state index in [1.165, 1.54) is 31.8 Å². The summed E-state index contributed by atoms with van der Waals surface area (Å²) in [6.07, 6.45) is 10.2. The minimum Gasteiger partial charge on any atom is -0.459 e. The monoisotopic (exact) mass is 259 g/mol. The lowest BCUT2D eigenvalue weighted by Gasteiger charge is -2.13. The first-order valence-corrected chi connectivity index (χ1v) is 6.98. The molecule has 0 saturated heterocycles. The fraction of sp³-hybridized carbons (Fsp3) is 0.438. The van der Waals surface area contributed by atoms with Gasteiger partial charge in [-0.15, -0.1) is 0 Å². The van der Waals surface area contributed by atoms with E-state index in [1.807, 2.05) is 24.3 Å². The van der Waals surface area contributed by atoms with Crippen molar-refractivity contribution in [3.05, 3.63) is 35.9 Å². The molecule has 0 unspecified atom stereocenters. The molecule has 3 nitrogen and oxygen atoms in total. The van der Waals surface area contributed by atoms with E-state index in [0.29, 0.717) is 0 Å². The third kappa shape index (κ3) is 4.78. The lowest BCUT2D eigenvalue weighted by atomic mass is 10.1. The van der Waals surface area contributed by atoms with Crippen LogP contribution in [0.5, 0.6) is 0 Å². The number of ether oxygens (including phenoxy) is 1. The molecule has 0 aromatic heterocycles. The van der Waals surface area contributed by atoms with Gasteiger partial charge in [-0.1, -0.05) is 25.0 Å². The van der Waals surface area contributed by atoms with Crippen molar-refractivity contribution in [1.29, 1.82) is 0 Å². The van der Waals surface area contributed by atoms with Crippen molar-refractivity contribution in [3.8, 4) is 0 Å². The van der Waals surface area contributed by atoms with E-state index < -0.39 is 0 Å². The van der Waals surface area contributed by atoms with Gasteiger partial charge in [-0.25, -0.2) is 4.79 Å². The van der Waals surface area contributed by atoms with Gasteiger partial charge in [0.2, 0.25) is 0 Å². The number of nitrogen functional groups attached to an aromatic ring is 1. The highest BCUT2D eigenvalue weighted by molar-refractivity contribution is 5.87. The Hall–Kier alpha value is -1.77. The molecule has 0 amide bonds. The van der Waals surface area contributed by atoms with E-state index >= 15 is 0 Å². The van der Waals surface area contributed by atoms with Crippen LogP contribution in [0.1, 0.15) is 44.1 Å². The number of esters is 1. The molecule has 2 N–H and O–H groups in total. The zero-order chi connectivity index (χ0) is 13.5. The Morgan fingerprint density at radius 2 is 1.74 bits per heavy atom. The number of benzene rings is 1. The number of carbonyl (C=O) groups excluding carboxylic acids is 1. The van der Waals surface area contributed by atoms with Gasteiger partial charge in [-0.3, -0.25) is 0 Å². The molecule has 2 rings (SSSR count). The first-order chi connectivity index (χ1) is 9.24. The molecule has 0 heterocycles. The van der Waals surface area contributed by atoms with Crippen LogP contribution < -0.4 is 5.73 Å². The maximum atomic E-state index is 11.7. The van der Waals surface area contributed by atoms with Crippen LogP contribution in [0.2, 0.25) is 0 Å². The molecular weight excluding hydrogens is 238 g/mol. The van der Waals surface area contributed by atoms with Gasteiger partial charge in [0.1, 0.15) is 6.10 Å². The smallest absolute Gasteiger partial charge is 0.331 e. The summed E-state index contributed by atoms with van der Waals surface area (Å²) in [5.41, 5.74) is 7.28. The van der Waals surface area contributed by atoms with Crippen molar-refractivity contribution >= 4 is 17.7 Å². The maximum absolute atomic E-state index is 11.7. The summed E-state index contributed by atoms with van der Waals surface area (Å²) < 4.78 is 5.47. The minimum absolute atomic E-state index is 0.103. The van der Waals surface area contributed by atoms with Crippen LogP contribution in [0.25, 0.3) is 6.08 Å². The summed E-state index contributed by atoms with van der Waals surface area (Å²) in [4.78, 5) is 11.7. The number of hydrogen-bond acceptors (Lipinski definition) is 3. The predicted molar refractivity (Wildman–Crippen MR) is 77.5 cm³/mol. The molecule has 1 saturated carbocycles.